The third-order valence-electron chi connectivity index (χ3n) is 7.44. The average Bonchev–Trinajstić information content (AvgIpc) is 3.07. The molecule has 0 radical (unpaired) electrons. The van der Waals surface area contributed by atoms with Gasteiger partial charge in [-0.15, -0.1) is 24.8 Å². The van der Waals surface area contributed by atoms with E-state index in [2.05, 4.69) is 31.2 Å². The number of nitrogens with one attached hydrogen (secondary N) is 2. The largest absolute Gasteiger partial charge is 0.354 e. The van der Waals surface area contributed by atoms with Crippen molar-refractivity contribution in [3.8, 4) is 0 Å². The number of carbonyl (C=O) groups excluding carboxylic acids is 1. The lowest BCUT2D eigenvalue weighted by Gasteiger charge is -2.55. The van der Waals surface area contributed by atoms with Crippen LogP contribution in [0.1, 0.15) is 37.9 Å². The summed E-state index contributed by atoms with van der Waals surface area (Å²) in [5.41, 5.74) is 2.11. The Morgan fingerprint density at radius 1 is 1.19 bits per heavy atom. The molecule has 31 heavy (non-hydrogen) atoms. The SMILES string of the molecule is Cc1nc2ccccc2n1CCC(=O)NC[C@H]1[C@@H]2CNC[C@@H](C2)[C@@H]2CCCCN21.Cl.Cl. The molecule has 0 saturated carbocycles. The molecule has 3 aliphatic rings. The molecule has 0 spiro atoms. The number of aryl methyl sites for hydroxylation is 2. The van der Waals surface area contributed by atoms with Gasteiger partial charge >= 0.3 is 0 Å². The van der Waals surface area contributed by atoms with E-state index in [1.165, 1.54) is 38.8 Å². The molecule has 0 aliphatic carbocycles. The maximum Gasteiger partial charge on any atom is 0.221 e. The lowest BCUT2D eigenvalue weighted by molar-refractivity contribution is -0.122. The van der Waals surface area contributed by atoms with E-state index in [0.717, 1.165) is 41.9 Å². The summed E-state index contributed by atoms with van der Waals surface area (Å²) in [6.07, 6.45) is 5.83. The van der Waals surface area contributed by atoms with E-state index < -0.39 is 0 Å². The highest BCUT2D eigenvalue weighted by molar-refractivity contribution is 5.85. The standard InChI is InChI=1S/C23H33N5O.2ClH/c1-16-26-19-6-2-3-8-21(19)27(16)11-9-23(29)25-15-22-18-12-17(13-24-14-18)20-7-4-5-10-28(20)22;;/h2-3,6,8,17-18,20,22,24H,4-5,7,9-15H2,1H3,(H,25,29);2*1H/t17-,18+,20+,22+;;/m1../s1. The topological polar surface area (TPSA) is 62.2 Å². The number of aromatic nitrogens is 2. The molecule has 172 valence electrons. The second-order valence-corrected chi connectivity index (χ2v) is 9.14. The highest BCUT2D eigenvalue weighted by Crippen LogP contribution is 2.38. The minimum absolute atomic E-state index is 0. The lowest BCUT2D eigenvalue weighted by atomic mass is 9.73. The third kappa shape index (κ3) is 4.87. The molecule has 4 heterocycles. The van der Waals surface area contributed by atoms with Crippen molar-refractivity contribution in [2.45, 2.75) is 57.7 Å². The van der Waals surface area contributed by atoms with Gasteiger partial charge in [-0.2, -0.15) is 0 Å². The number of para-hydroxylation sites is 2. The first-order valence-corrected chi connectivity index (χ1v) is 11.4. The molecule has 2 bridgehead atoms. The van der Waals surface area contributed by atoms with Crippen LogP contribution >= 0.6 is 24.8 Å². The normalized spacial score (nSPS) is 27.6. The Bertz CT molecular complexity index is 888. The molecule has 2 aromatic rings. The van der Waals surface area contributed by atoms with E-state index in [1.807, 2.05) is 25.1 Å². The number of benzene rings is 1. The molecule has 8 heteroatoms. The summed E-state index contributed by atoms with van der Waals surface area (Å²) in [5, 5.41) is 6.93. The molecule has 0 unspecified atom stereocenters. The van der Waals surface area contributed by atoms with Crippen LogP contribution in [-0.4, -0.2) is 58.6 Å². The van der Waals surface area contributed by atoms with Gasteiger partial charge in [0.2, 0.25) is 5.91 Å². The maximum atomic E-state index is 12.7. The van der Waals surface area contributed by atoms with E-state index in [9.17, 15) is 4.79 Å². The summed E-state index contributed by atoms with van der Waals surface area (Å²) < 4.78 is 2.16. The van der Waals surface area contributed by atoms with Crippen molar-refractivity contribution >= 4 is 41.8 Å². The number of halogens is 2. The van der Waals surface area contributed by atoms with Crippen molar-refractivity contribution in [1.82, 2.24) is 25.1 Å². The number of nitrogens with zero attached hydrogens (tertiary/aromatic N) is 3. The first kappa shape index (κ1) is 24.3. The number of rotatable bonds is 5. The van der Waals surface area contributed by atoms with Gasteiger partial charge in [0, 0.05) is 31.6 Å². The summed E-state index contributed by atoms with van der Waals surface area (Å²) in [4.78, 5) is 20.0. The molecular weight excluding hydrogens is 433 g/mol. The van der Waals surface area contributed by atoms with Crippen LogP contribution in [-0.2, 0) is 11.3 Å². The Balaban J connectivity index is 0.00000136. The molecule has 2 N–H and O–H groups in total. The van der Waals surface area contributed by atoms with E-state index in [4.69, 9.17) is 0 Å². The zero-order chi connectivity index (χ0) is 19.8. The highest BCUT2D eigenvalue weighted by Gasteiger charge is 2.45. The predicted molar refractivity (Wildman–Crippen MR) is 129 cm³/mol. The van der Waals surface area contributed by atoms with Crippen LogP contribution in [0.3, 0.4) is 0 Å². The molecule has 6 nitrogen and oxygen atoms in total. The molecule has 5 rings (SSSR count). The molecule has 1 aromatic carbocycles. The maximum absolute atomic E-state index is 12.7. The van der Waals surface area contributed by atoms with Crippen molar-refractivity contribution in [3.63, 3.8) is 0 Å². The van der Waals surface area contributed by atoms with Crippen molar-refractivity contribution in [1.29, 1.82) is 0 Å². The van der Waals surface area contributed by atoms with Crippen molar-refractivity contribution in [2.75, 3.05) is 26.2 Å². The number of carbonyl (C=O) groups is 1. The van der Waals surface area contributed by atoms with Gasteiger partial charge in [-0.25, -0.2) is 4.98 Å². The smallest absolute Gasteiger partial charge is 0.221 e. The van der Waals surface area contributed by atoms with Gasteiger partial charge in [0.15, 0.2) is 0 Å². The van der Waals surface area contributed by atoms with Crippen molar-refractivity contribution in [2.24, 2.45) is 11.8 Å². The van der Waals surface area contributed by atoms with Gasteiger partial charge in [-0.05, 0) is 69.8 Å². The van der Waals surface area contributed by atoms with Crippen LogP contribution in [0.15, 0.2) is 24.3 Å². The molecule has 1 amide bonds. The molecule has 3 fully saturated rings. The van der Waals surface area contributed by atoms with E-state index in [-0.39, 0.29) is 30.7 Å². The quantitative estimate of drug-likeness (QED) is 0.708. The molecular formula is C23H35Cl2N5O. The third-order valence-corrected chi connectivity index (χ3v) is 7.44. The zero-order valence-corrected chi connectivity index (χ0v) is 19.9. The van der Waals surface area contributed by atoms with Gasteiger partial charge in [0.25, 0.3) is 0 Å². The van der Waals surface area contributed by atoms with Crippen LogP contribution in [0.4, 0.5) is 0 Å². The highest BCUT2D eigenvalue weighted by atomic mass is 35.5. The fourth-order valence-corrected chi connectivity index (χ4v) is 6.05. The van der Waals surface area contributed by atoms with Gasteiger partial charge in [0.1, 0.15) is 5.82 Å². The average molecular weight is 468 g/mol. The molecule has 3 saturated heterocycles. The number of imidazole rings is 1. The molecule has 1 aromatic heterocycles. The van der Waals surface area contributed by atoms with Crippen LogP contribution in [0.5, 0.6) is 0 Å². The van der Waals surface area contributed by atoms with Gasteiger partial charge in [0.05, 0.1) is 11.0 Å². The Labute approximate surface area is 197 Å². The Morgan fingerprint density at radius 3 is 2.87 bits per heavy atom. The van der Waals surface area contributed by atoms with E-state index in [1.54, 1.807) is 0 Å². The van der Waals surface area contributed by atoms with Crippen molar-refractivity contribution in [3.05, 3.63) is 30.1 Å². The minimum atomic E-state index is 0. The van der Waals surface area contributed by atoms with Crippen molar-refractivity contribution < 1.29 is 4.79 Å². The monoisotopic (exact) mass is 467 g/mol. The zero-order valence-electron chi connectivity index (χ0n) is 18.3. The fourth-order valence-electron chi connectivity index (χ4n) is 6.05. The van der Waals surface area contributed by atoms with Crippen LogP contribution in [0, 0.1) is 18.8 Å². The first-order valence-electron chi connectivity index (χ1n) is 11.4. The van der Waals surface area contributed by atoms with Crippen LogP contribution in [0.25, 0.3) is 11.0 Å². The second-order valence-electron chi connectivity index (χ2n) is 9.14. The Kier molecular flexibility index (Phi) is 8.25. The van der Waals surface area contributed by atoms with Gasteiger partial charge in [-0.1, -0.05) is 18.6 Å². The van der Waals surface area contributed by atoms with Crippen LogP contribution in [0.2, 0.25) is 0 Å². The predicted octanol–water partition coefficient (Wildman–Crippen LogP) is 3.16. The minimum Gasteiger partial charge on any atom is -0.354 e. The van der Waals surface area contributed by atoms with E-state index >= 15 is 0 Å². The number of piperidine rings is 3. The summed E-state index contributed by atoms with van der Waals surface area (Å²) >= 11 is 0. The van der Waals surface area contributed by atoms with Gasteiger partial charge in [-0.3, -0.25) is 9.69 Å². The summed E-state index contributed by atoms with van der Waals surface area (Å²) in [6.45, 7) is 6.97. The summed E-state index contributed by atoms with van der Waals surface area (Å²) in [6, 6.07) is 9.36. The number of amides is 1. The number of fused-ring (bicyclic) bond motifs is 5. The van der Waals surface area contributed by atoms with E-state index in [0.29, 0.717) is 24.9 Å². The summed E-state index contributed by atoms with van der Waals surface area (Å²) in [7, 11) is 0. The molecule has 4 atom stereocenters. The Hall–Kier alpha value is -1.34. The van der Waals surface area contributed by atoms with Gasteiger partial charge < -0.3 is 15.2 Å². The molecule has 3 aliphatic heterocycles. The first-order chi connectivity index (χ1) is 14.2. The Morgan fingerprint density at radius 2 is 2.00 bits per heavy atom. The fraction of sp³-hybridized carbons (Fsp3) is 0.652. The summed E-state index contributed by atoms with van der Waals surface area (Å²) in [5.74, 6) is 2.60. The number of hydrogen-bond acceptors (Lipinski definition) is 4. The second kappa shape index (κ2) is 10.5. The lowest BCUT2D eigenvalue weighted by Crippen LogP contribution is -2.65. The number of hydrogen-bond donors (Lipinski definition) is 2. The van der Waals surface area contributed by atoms with Crippen LogP contribution < -0.4 is 10.6 Å².